The second-order valence-electron chi connectivity index (χ2n) is 6.35. The number of nitrogens with one attached hydrogen (secondary N) is 1. The van der Waals surface area contributed by atoms with Crippen molar-refractivity contribution in [3.05, 3.63) is 35.9 Å². The van der Waals surface area contributed by atoms with Gasteiger partial charge in [0, 0.05) is 0 Å². The van der Waals surface area contributed by atoms with Crippen molar-refractivity contribution in [3.8, 4) is 0 Å². The van der Waals surface area contributed by atoms with Gasteiger partial charge in [-0.25, -0.2) is 0 Å². The summed E-state index contributed by atoms with van der Waals surface area (Å²) < 4.78 is 0. The van der Waals surface area contributed by atoms with Crippen LogP contribution in [0.4, 0.5) is 0 Å². The zero-order chi connectivity index (χ0) is 12.1. The standard InChI is InChI=1S/C16H23N/c1-15(2)13-9-10-14(11-13)16(15,17-3)12-7-5-4-6-8-12/h4-8,13-14,17H,9-11H2,1-3H3/t13-,14-,16+/m0/s1. The molecular weight excluding hydrogens is 206 g/mol. The van der Waals surface area contributed by atoms with Crippen LogP contribution in [0.1, 0.15) is 38.7 Å². The minimum Gasteiger partial charge on any atom is -0.310 e. The number of fused-ring (bicyclic) bond motifs is 2. The molecule has 0 spiro atoms. The lowest BCUT2D eigenvalue weighted by Crippen LogP contribution is -2.55. The molecule has 2 aliphatic rings. The predicted molar refractivity (Wildman–Crippen MR) is 71.8 cm³/mol. The maximum absolute atomic E-state index is 3.72. The molecule has 0 aromatic heterocycles. The Bertz CT molecular complexity index is 409. The van der Waals surface area contributed by atoms with Crippen molar-refractivity contribution < 1.29 is 0 Å². The van der Waals surface area contributed by atoms with E-state index in [1.165, 1.54) is 24.8 Å². The molecule has 1 nitrogen and oxygen atoms in total. The Balaban J connectivity index is 2.14. The van der Waals surface area contributed by atoms with Crippen molar-refractivity contribution in [1.82, 2.24) is 5.32 Å². The highest BCUT2D eigenvalue weighted by Crippen LogP contribution is 2.65. The van der Waals surface area contributed by atoms with E-state index in [4.69, 9.17) is 0 Å². The minimum absolute atomic E-state index is 0.192. The summed E-state index contributed by atoms with van der Waals surface area (Å²) in [5.74, 6) is 1.70. The first-order chi connectivity index (χ1) is 8.13. The fraction of sp³-hybridized carbons (Fsp3) is 0.625. The second kappa shape index (κ2) is 3.58. The molecule has 1 heteroatoms. The Morgan fingerprint density at radius 2 is 1.71 bits per heavy atom. The van der Waals surface area contributed by atoms with Crippen LogP contribution in [-0.4, -0.2) is 7.05 Å². The van der Waals surface area contributed by atoms with E-state index < -0.39 is 0 Å². The zero-order valence-electron chi connectivity index (χ0n) is 11.2. The third-order valence-electron chi connectivity index (χ3n) is 5.71. The third kappa shape index (κ3) is 1.24. The Labute approximate surface area is 105 Å². The Hall–Kier alpha value is -0.820. The fourth-order valence-corrected chi connectivity index (χ4v) is 4.86. The van der Waals surface area contributed by atoms with Gasteiger partial charge in [-0.05, 0) is 49.1 Å². The van der Waals surface area contributed by atoms with Crippen LogP contribution >= 0.6 is 0 Å². The highest BCUT2D eigenvalue weighted by molar-refractivity contribution is 5.33. The van der Waals surface area contributed by atoms with Gasteiger partial charge in [-0.1, -0.05) is 44.2 Å². The minimum atomic E-state index is 0.192. The summed E-state index contributed by atoms with van der Waals surface area (Å²) in [5, 5.41) is 3.72. The maximum Gasteiger partial charge on any atom is 0.0515 e. The van der Waals surface area contributed by atoms with E-state index in [-0.39, 0.29) is 5.54 Å². The summed E-state index contributed by atoms with van der Waals surface area (Å²) in [6, 6.07) is 11.1. The largest absolute Gasteiger partial charge is 0.310 e. The molecule has 0 radical (unpaired) electrons. The number of rotatable bonds is 2. The lowest BCUT2D eigenvalue weighted by Gasteiger charge is -2.50. The van der Waals surface area contributed by atoms with Gasteiger partial charge in [0.15, 0.2) is 0 Å². The van der Waals surface area contributed by atoms with Crippen LogP contribution in [0.3, 0.4) is 0 Å². The molecule has 0 aliphatic heterocycles. The van der Waals surface area contributed by atoms with Gasteiger partial charge in [0.2, 0.25) is 0 Å². The van der Waals surface area contributed by atoms with Gasteiger partial charge in [0.05, 0.1) is 5.54 Å². The van der Waals surface area contributed by atoms with Gasteiger partial charge in [-0.2, -0.15) is 0 Å². The predicted octanol–water partition coefficient (Wildman–Crippen LogP) is 3.56. The van der Waals surface area contributed by atoms with Gasteiger partial charge in [0.25, 0.3) is 0 Å². The molecule has 3 rings (SSSR count). The molecular formula is C16H23N. The molecule has 2 saturated carbocycles. The molecule has 2 aliphatic carbocycles. The quantitative estimate of drug-likeness (QED) is 0.817. The van der Waals surface area contributed by atoms with Crippen LogP contribution in [0.5, 0.6) is 0 Å². The van der Waals surface area contributed by atoms with Crippen LogP contribution in [0.15, 0.2) is 30.3 Å². The molecule has 17 heavy (non-hydrogen) atoms. The first kappa shape index (κ1) is 11.3. The van der Waals surface area contributed by atoms with Crippen LogP contribution in [0, 0.1) is 17.3 Å². The van der Waals surface area contributed by atoms with Crippen molar-refractivity contribution in [3.63, 3.8) is 0 Å². The monoisotopic (exact) mass is 229 g/mol. The summed E-state index contributed by atoms with van der Waals surface area (Å²) in [6.07, 6.45) is 4.22. The lowest BCUT2D eigenvalue weighted by molar-refractivity contribution is 0.0545. The molecule has 1 N–H and O–H groups in total. The van der Waals surface area contributed by atoms with E-state index in [0.717, 1.165) is 11.8 Å². The van der Waals surface area contributed by atoms with Crippen LogP contribution in [-0.2, 0) is 5.54 Å². The second-order valence-corrected chi connectivity index (χ2v) is 6.35. The topological polar surface area (TPSA) is 12.0 Å². The van der Waals surface area contributed by atoms with Crippen molar-refractivity contribution in [2.75, 3.05) is 7.05 Å². The van der Waals surface area contributed by atoms with E-state index in [1.54, 1.807) is 0 Å². The fourth-order valence-electron chi connectivity index (χ4n) is 4.86. The summed E-state index contributed by atoms with van der Waals surface area (Å²) in [6.45, 7) is 4.92. The SMILES string of the molecule is CN[C@]1(c2ccccc2)[C@H]2CC[C@@H](C2)C1(C)C. The van der Waals surface area contributed by atoms with Crippen LogP contribution in [0.2, 0.25) is 0 Å². The van der Waals surface area contributed by atoms with Crippen LogP contribution < -0.4 is 5.32 Å². The van der Waals surface area contributed by atoms with Gasteiger partial charge in [-0.15, -0.1) is 0 Å². The van der Waals surface area contributed by atoms with E-state index in [9.17, 15) is 0 Å². The van der Waals surface area contributed by atoms with E-state index in [1.807, 2.05) is 0 Å². The summed E-state index contributed by atoms with van der Waals surface area (Å²) in [5.41, 5.74) is 2.04. The van der Waals surface area contributed by atoms with Crippen molar-refractivity contribution in [1.29, 1.82) is 0 Å². The summed E-state index contributed by atoms with van der Waals surface area (Å²) >= 11 is 0. The molecule has 1 aromatic rings. The van der Waals surface area contributed by atoms with E-state index in [0.29, 0.717) is 5.41 Å². The molecule has 1 aromatic carbocycles. The first-order valence-electron chi connectivity index (χ1n) is 6.87. The van der Waals surface area contributed by atoms with Crippen molar-refractivity contribution in [2.45, 2.75) is 38.6 Å². The van der Waals surface area contributed by atoms with Crippen molar-refractivity contribution >= 4 is 0 Å². The molecule has 0 heterocycles. The van der Waals surface area contributed by atoms with E-state index in [2.05, 4.69) is 56.5 Å². The summed E-state index contributed by atoms with van der Waals surface area (Å²) in [7, 11) is 2.15. The summed E-state index contributed by atoms with van der Waals surface area (Å²) in [4.78, 5) is 0. The van der Waals surface area contributed by atoms with Gasteiger partial charge >= 0.3 is 0 Å². The molecule has 2 bridgehead atoms. The van der Waals surface area contributed by atoms with Crippen molar-refractivity contribution in [2.24, 2.45) is 17.3 Å². The van der Waals surface area contributed by atoms with Crippen LogP contribution in [0.25, 0.3) is 0 Å². The van der Waals surface area contributed by atoms with Gasteiger partial charge in [0.1, 0.15) is 0 Å². The Morgan fingerprint density at radius 3 is 2.24 bits per heavy atom. The normalized spacial score (nSPS) is 38.5. The number of benzene rings is 1. The van der Waals surface area contributed by atoms with Gasteiger partial charge < -0.3 is 5.32 Å². The molecule has 3 atom stereocenters. The van der Waals surface area contributed by atoms with Gasteiger partial charge in [-0.3, -0.25) is 0 Å². The number of hydrogen-bond donors (Lipinski definition) is 1. The molecule has 0 amide bonds. The molecule has 92 valence electrons. The Kier molecular flexibility index (Phi) is 2.38. The highest BCUT2D eigenvalue weighted by Gasteiger charge is 2.62. The smallest absolute Gasteiger partial charge is 0.0515 e. The molecule has 2 fully saturated rings. The highest BCUT2D eigenvalue weighted by atomic mass is 15.0. The first-order valence-corrected chi connectivity index (χ1v) is 6.87. The zero-order valence-corrected chi connectivity index (χ0v) is 11.2. The maximum atomic E-state index is 3.72. The van der Waals surface area contributed by atoms with E-state index >= 15 is 0 Å². The average molecular weight is 229 g/mol. The molecule has 0 saturated heterocycles. The number of hydrogen-bond acceptors (Lipinski definition) is 1. The Morgan fingerprint density at radius 1 is 1.06 bits per heavy atom. The average Bonchev–Trinajstić information content (AvgIpc) is 2.88. The lowest BCUT2D eigenvalue weighted by atomic mass is 9.60. The molecule has 0 unspecified atom stereocenters. The third-order valence-corrected chi connectivity index (χ3v) is 5.71.